The molecule has 0 amide bonds. The van der Waals surface area contributed by atoms with Crippen molar-refractivity contribution >= 4 is 0 Å². The van der Waals surface area contributed by atoms with Crippen LogP contribution < -0.4 is 5.73 Å². The molecule has 0 saturated carbocycles. The minimum absolute atomic E-state index is 0.169. The van der Waals surface area contributed by atoms with Crippen molar-refractivity contribution in [3.05, 3.63) is 42.0 Å². The topological polar surface area (TPSA) is 56.7 Å². The fourth-order valence-corrected chi connectivity index (χ4v) is 1.58. The van der Waals surface area contributed by atoms with E-state index >= 15 is 0 Å². The van der Waals surface area contributed by atoms with Crippen LogP contribution in [0.4, 0.5) is 13.2 Å². The molecule has 4 nitrogen and oxygen atoms in total. The van der Waals surface area contributed by atoms with Gasteiger partial charge in [-0.25, -0.2) is 4.68 Å². The van der Waals surface area contributed by atoms with E-state index in [0.717, 1.165) is 17.2 Å². The maximum Gasteiger partial charge on any atom is 0.435 e. The van der Waals surface area contributed by atoms with Gasteiger partial charge < -0.3 is 5.73 Å². The summed E-state index contributed by atoms with van der Waals surface area (Å²) in [6, 6.07) is 4.09. The van der Waals surface area contributed by atoms with E-state index in [0.29, 0.717) is 11.4 Å². The van der Waals surface area contributed by atoms with Crippen LogP contribution in [0.2, 0.25) is 0 Å². The van der Waals surface area contributed by atoms with Crippen molar-refractivity contribution in [2.24, 2.45) is 5.73 Å². The van der Waals surface area contributed by atoms with Gasteiger partial charge in [-0.15, -0.1) is 0 Å². The second-order valence-corrected chi connectivity index (χ2v) is 4.10. The van der Waals surface area contributed by atoms with E-state index in [-0.39, 0.29) is 6.04 Å². The van der Waals surface area contributed by atoms with E-state index in [1.165, 1.54) is 12.4 Å². The Kier molecular flexibility index (Phi) is 3.57. The first-order valence-electron chi connectivity index (χ1n) is 5.76. The molecule has 1 atom stereocenters. The zero-order chi connectivity index (χ0) is 14.0. The van der Waals surface area contributed by atoms with Crippen LogP contribution in [0.15, 0.2) is 30.6 Å². The van der Waals surface area contributed by atoms with Gasteiger partial charge in [-0.05, 0) is 24.6 Å². The molecule has 2 aromatic heterocycles. The molecule has 0 bridgehead atoms. The molecular formula is C12H13F3N4. The first-order chi connectivity index (χ1) is 8.91. The van der Waals surface area contributed by atoms with Gasteiger partial charge in [-0.2, -0.15) is 18.3 Å². The summed E-state index contributed by atoms with van der Waals surface area (Å²) in [6.45, 7) is 1.93. The molecule has 102 valence electrons. The van der Waals surface area contributed by atoms with Crippen LogP contribution in [0.3, 0.4) is 0 Å². The van der Waals surface area contributed by atoms with Crippen molar-refractivity contribution in [2.45, 2.75) is 25.6 Å². The van der Waals surface area contributed by atoms with Crippen molar-refractivity contribution < 1.29 is 13.2 Å². The molecule has 0 aliphatic heterocycles. The third-order valence-corrected chi connectivity index (χ3v) is 2.73. The lowest BCUT2D eigenvalue weighted by Crippen LogP contribution is -2.11. The summed E-state index contributed by atoms with van der Waals surface area (Å²) in [4.78, 5) is 4.13. The third kappa shape index (κ3) is 2.93. The molecule has 19 heavy (non-hydrogen) atoms. The maximum absolute atomic E-state index is 12.4. The van der Waals surface area contributed by atoms with Gasteiger partial charge in [0.2, 0.25) is 0 Å². The molecule has 0 aromatic carbocycles. The van der Waals surface area contributed by atoms with Crippen LogP contribution in [0.5, 0.6) is 0 Å². The van der Waals surface area contributed by atoms with E-state index in [4.69, 9.17) is 5.73 Å². The molecule has 2 heterocycles. The lowest BCUT2D eigenvalue weighted by Gasteiger charge is -2.08. The Morgan fingerprint density at radius 1 is 1.32 bits per heavy atom. The first-order valence-corrected chi connectivity index (χ1v) is 5.76. The van der Waals surface area contributed by atoms with Crippen LogP contribution in [-0.4, -0.2) is 14.8 Å². The van der Waals surface area contributed by atoms with Crippen molar-refractivity contribution in [2.75, 3.05) is 0 Å². The first kappa shape index (κ1) is 13.5. The summed E-state index contributed by atoms with van der Waals surface area (Å²) in [7, 11) is 0. The van der Waals surface area contributed by atoms with Crippen molar-refractivity contribution in [1.29, 1.82) is 0 Å². The molecular weight excluding hydrogens is 257 g/mol. The number of pyridine rings is 1. The Bertz CT molecular complexity index is 545. The molecule has 0 aliphatic rings. The Morgan fingerprint density at radius 2 is 2.05 bits per heavy atom. The Balaban J connectivity index is 2.25. The Hall–Kier alpha value is -1.89. The van der Waals surface area contributed by atoms with E-state index in [1.807, 2.05) is 6.92 Å². The highest BCUT2D eigenvalue weighted by atomic mass is 19.4. The van der Waals surface area contributed by atoms with E-state index < -0.39 is 11.9 Å². The highest BCUT2D eigenvalue weighted by molar-refractivity contribution is 5.30. The summed E-state index contributed by atoms with van der Waals surface area (Å²) < 4.78 is 38.4. The summed E-state index contributed by atoms with van der Waals surface area (Å²) in [5.41, 5.74) is 6.05. The van der Waals surface area contributed by atoms with Crippen LogP contribution >= 0.6 is 0 Å². The monoisotopic (exact) mass is 270 g/mol. The number of hydrogen-bond donors (Lipinski definition) is 1. The fraction of sp³-hybridized carbons (Fsp3) is 0.333. The Morgan fingerprint density at radius 3 is 2.53 bits per heavy atom. The summed E-state index contributed by atoms with van der Waals surface area (Å²) >= 11 is 0. The highest BCUT2D eigenvalue weighted by Crippen LogP contribution is 2.27. The Labute approximate surface area is 108 Å². The fourth-order valence-electron chi connectivity index (χ4n) is 1.58. The lowest BCUT2D eigenvalue weighted by molar-refractivity contribution is -0.141. The van der Waals surface area contributed by atoms with Crippen LogP contribution in [-0.2, 0) is 6.18 Å². The van der Waals surface area contributed by atoms with Gasteiger partial charge in [-0.3, -0.25) is 4.98 Å². The SMILES string of the molecule is CCC(N)c1ccc(-n2ccc(C(F)(F)F)n2)cn1. The van der Waals surface area contributed by atoms with E-state index in [9.17, 15) is 13.2 Å². The second kappa shape index (κ2) is 5.00. The smallest absolute Gasteiger partial charge is 0.323 e. The van der Waals surface area contributed by atoms with Gasteiger partial charge in [0, 0.05) is 12.2 Å². The number of alkyl halides is 3. The van der Waals surface area contributed by atoms with Crippen molar-refractivity contribution in [3.63, 3.8) is 0 Å². The third-order valence-electron chi connectivity index (χ3n) is 2.73. The number of halogens is 3. The van der Waals surface area contributed by atoms with Crippen LogP contribution in [0.1, 0.15) is 30.8 Å². The minimum Gasteiger partial charge on any atom is -0.323 e. The molecule has 0 radical (unpaired) electrons. The molecule has 0 fully saturated rings. The largest absolute Gasteiger partial charge is 0.435 e. The number of nitrogens with two attached hydrogens (primary N) is 1. The normalized spacial score (nSPS) is 13.5. The second-order valence-electron chi connectivity index (χ2n) is 4.10. The van der Waals surface area contributed by atoms with E-state index in [1.54, 1.807) is 12.1 Å². The minimum atomic E-state index is -4.44. The molecule has 0 spiro atoms. The molecule has 2 aromatic rings. The number of nitrogens with zero attached hydrogens (tertiary/aromatic N) is 3. The van der Waals surface area contributed by atoms with Crippen LogP contribution in [0.25, 0.3) is 5.69 Å². The average molecular weight is 270 g/mol. The van der Waals surface area contributed by atoms with Gasteiger partial charge >= 0.3 is 6.18 Å². The maximum atomic E-state index is 12.4. The molecule has 2 N–H and O–H groups in total. The lowest BCUT2D eigenvalue weighted by atomic mass is 10.1. The van der Waals surface area contributed by atoms with Gasteiger partial charge in [0.05, 0.1) is 17.6 Å². The quantitative estimate of drug-likeness (QED) is 0.932. The predicted octanol–water partition coefficient (Wildman–Crippen LogP) is 2.70. The summed E-state index contributed by atoms with van der Waals surface area (Å²) in [5.74, 6) is 0. The van der Waals surface area contributed by atoms with Gasteiger partial charge in [-0.1, -0.05) is 6.92 Å². The van der Waals surface area contributed by atoms with Gasteiger partial charge in [0.1, 0.15) is 0 Å². The number of aromatic nitrogens is 3. The average Bonchev–Trinajstić information content (AvgIpc) is 2.87. The molecule has 0 saturated heterocycles. The van der Waals surface area contributed by atoms with Crippen LogP contribution in [0, 0.1) is 0 Å². The highest BCUT2D eigenvalue weighted by Gasteiger charge is 2.33. The zero-order valence-electron chi connectivity index (χ0n) is 10.2. The summed E-state index contributed by atoms with van der Waals surface area (Å²) in [5, 5.41) is 3.47. The molecule has 1 unspecified atom stereocenters. The summed E-state index contributed by atoms with van der Waals surface area (Å²) in [6.07, 6.45) is -0.993. The number of rotatable bonds is 3. The van der Waals surface area contributed by atoms with Gasteiger partial charge in [0.25, 0.3) is 0 Å². The van der Waals surface area contributed by atoms with Crippen molar-refractivity contribution in [3.8, 4) is 5.69 Å². The molecule has 7 heteroatoms. The van der Waals surface area contributed by atoms with Crippen molar-refractivity contribution in [1.82, 2.24) is 14.8 Å². The van der Waals surface area contributed by atoms with Gasteiger partial charge in [0.15, 0.2) is 5.69 Å². The predicted molar refractivity (Wildman–Crippen MR) is 63.6 cm³/mol. The zero-order valence-corrected chi connectivity index (χ0v) is 10.2. The van der Waals surface area contributed by atoms with E-state index in [2.05, 4.69) is 10.1 Å². The molecule has 0 aliphatic carbocycles. The number of hydrogen-bond acceptors (Lipinski definition) is 3. The molecule has 2 rings (SSSR count). The standard InChI is InChI=1S/C12H13F3N4/c1-2-9(16)10-4-3-8(7-17-10)19-6-5-11(18-19)12(13,14)15/h3-7,9H,2,16H2,1H3.